The molecule has 0 bridgehead atoms. The van der Waals surface area contributed by atoms with Gasteiger partial charge in [-0.15, -0.1) is 11.8 Å². The highest BCUT2D eigenvalue weighted by Crippen LogP contribution is 2.41. The molecule has 0 aliphatic carbocycles. The third-order valence-electron chi connectivity index (χ3n) is 4.78. The summed E-state index contributed by atoms with van der Waals surface area (Å²) in [4.78, 5) is 29.2. The predicted molar refractivity (Wildman–Crippen MR) is 99.7 cm³/mol. The normalized spacial score (nSPS) is 24.0. The number of amides is 2. The van der Waals surface area contributed by atoms with Gasteiger partial charge in [0, 0.05) is 37.4 Å². The van der Waals surface area contributed by atoms with E-state index in [-0.39, 0.29) is 17.2 Å². The van der Waals surface area contributed by atoms with Gasteiger partial charge in [0.2, 0.25) is 11.8 Å². The fraction of sp³-hybridized carbons (Fsp3) is 0.667. The van der Waals surface area contributed by atoms with Crippen LogP contribution in [0.2, 0.25) is 0 Å². The minimum Gasteiger partial charge on any atom is -0.472 e. The Hall–Kier alpha value is -1.51. The number of nitrogens with zero attached hydrogens (tertiary/aromatic N) is 2. The molecule has 1 aromatic heterocycles. The van der Waals surface area contributed by atoms with Crippen molar-refractivity contribution in [3.05, 3.63) is 24.2 Å². The quantitative estimate of drug-likeness (QED) is 0.721. The van der Waals surface area contributed by atoms with Gasteiger partial charge < -0.3 is 19.4 Å². The number of furan rings is 1. The van der Waals surface area contributed by atoms with Crippen molar-refractivity contribution in [1.29, 1.82) is 0 Å². The Bertz CT molecular complexity index is 589. The SMILES string of the molecule is CCC(=O)N1C(C(=O)NCCCN2CCOCC2)CSC1c1ccoc1. The molecular formula is C18H27N3O4S. The summed E-state index contributed by atoms with van der Waals surface area (Å²) in [5.74, 6) is 0.540. The molecule has 1 N–H and O–H groups in total. The fourth-order valence-corrected chi connectivity index (χ4v) is 4.75. The summed E-state index contributed by atoms with van der Waals surface area (Å²) >= 11 is 1.61. The van der Waals surface area contributed by atoms with Crippen LogP contribution in [0, 0.1) is 0 Å². The highest BCUT2D eigenvalue weighted by atomic mass is 32.2. The van der Waals surface area contributed by atoms with Crippen LogP contribution >= 0.6 is 11.8 Å². The largest absolute Gasteiger partial charge is 0.472 e. The highest BCUT2D eigenvalue weighted by molar-refractivity contribution is 7.99. The Morgan fingerprint density at radius 3 is 2.85 bits per heavy atom. The van der Waals surface area contributed by atoms with Gasteiger partial charge >= 0.3 is 0 Å². The molecule has 7 nitrogen and oxygen atoms in total. The third kappa shape index (κ3) is 4.61. The van der Waals surface area contributed by atoms with Gasteiger partial charge in [-0.1, -0.05) is 6.92 Å². The first-order valence-corrected chi connectivity index (χ1v) is 10.3. The topological polar surface area (TPSA) is 75.0 Å². The van der Waals surface area contributed by atoms with Crippen molar-refractivity contribution >= 4 is 23.6 Å². The Labute approximate surface area is 158 Å². The molecule has 0 saturated carbocycles. The molecule has 2 aliphatic heterocycles. The van der Waals surface area contributed by atoms with E-state index in [2.05, 4.69) is 10.2 Å². The van der Waals surface area contributed by atoms with E-state index in [0.717, 1.165) is 44.8 Å². The maximum absolute atomic E-state index is 12.7. The number of rotatable bonds is 7. The zero-order chi connectivity index (χ0) is 18.4. The number of hydrogen-bond donors (Lipinski definition) is 1. The van der Waals surface area contributed by atoms with Gasteiger partial charge in [0.1, 0.15) is 11.4 Å². The first-order valence-electron chi connectivity index (χ1n) is 9.23. The molecule has 2 atom stereocenters. The molecule has 8 heteroatoms. The highest BCUT2D eigenvalue weighted by Gasteiger charge is 2.41. The van der Waals surface area contributed by atoms with Crippen molar-refractivity contribution in [1.82, 2.24) is 15.1 Å². The molecule has 2 unspecified atom stereocenters. The van der Waals surface area contributed by atoms with Crippen molar-refractivity contribution in [2.75, 3.05) is 45.1 Å². The average molecular weight is 381 g/mol. The van der Waals surface area contributed by atoms with Crippen LogP contribution in [0.25, 0.3) is 0 Å². The van der Waals surface area contributed by atoms with Crippen LogP contribution < -0.4 is 5.32 Å². The number of carbonyl (C=O) groups is 2. The van der Waals surface area contributed by atoms with E-state index < -0.39 is 6.04 Å². The lowest BCUT2D eigenvalue weighted by Gasteiger charge is -2.28. The maximum atomic E-state index is 12.7. The van der Waals surface area contributed by atoms with Crippen LogP contribution in [0.3, 0.4) is 0 Å². The summed E-state index contributed by atoms with van der Waals surface area (Å²) in [5, 5.41) is 2.86. The van der Waals surface area contributed by atoms with Crippen molar-refractivity contribution in [3.8, 4) is 0 Å². The number of hydrogen-bond acceptors (Lipinski definition) is 6. The summed E-state index contributed by atoms with van der Waals surface area (Å²) in [6, 6.07) is 1.44. The lowest BCUT2D eigenvalue weighted by molar-refractivity contribution is -0.139. The first-order chi connectivity index (χ1) is 12.7. The lowest BCUT2D eigenvalue weighted by atomic mass is 10.2. The molecule has 1 aromatic rings. The standard InChI is InChI=1S/C18H27N3O4S/c1-2-16(22)21-15(13-26-18(21)14-4-9-25-12-14)17(23)19-5-3-6-20-7-10-24-11-8-20/h4,9,12,15,18H,2-3,5-8,10-11,13H2,1H3,(H,19,23). The van der Waals surface area contributed by atoms with Gasteiger partial charge in [-0.3, -0.25) is 14.5 Å². The van der Waals surface area contributed by atoms with Gasteiger partial charge in [0.25, 0.3) is 0 Å². The maximum Gasteiger partial charge on any atom is 0.243 e. The Kier molecular flexibility index (Phi) is 6.99. The van der Waals surface area contributed by atoms with Crippen molar-refractivity contribution in [3.63, 3.8) is 0 Å². The summed E-state index contributed by atoms with van der Waals surface area (Å²) in [6.07, 6.45) is 4.54. The van der Waals surface area contributed by atoms with Crippen molar-refractivity contribution in [2.24, 2.45) is 0 Å². The first kappa shape index (κ1) is 19.3. The van der Waals surface area contributed by atoms with E-state index in [9.17, 15) is 9.59 Å². The average Bonchev–Trinajstić information content (AvgIpc) is 3.34. The van der Waals surface area contributed by atoms with E-state index in [1.807, 2.05) is 13.0 Å². The lowest BCUT2D eigenvalue weighted by Crippen LogP contribution is -2.48. The molecule has 2 aliphatic rings. The summed E-state index contributed by atoms with van der Waals surface area (Å²) in [5.41, 5.74) is 0.930. The molecule has 144 valence electrons. The van der Waals surface area contributed by atoms with Crippen molar-refractivity contribution in [2.45, 2.75) is 31.2 Å². The minimum atomic E-state index is -0.421. The molecule has 0 radical (unpaired) electrons. The Morgan fingerprint density at radius 1 is 1.35 bits per heavy atom. The smallest absolute Gasteiger partial charge is 0.243 e. The summed E-state index contributed by atoms with van der Waals surface area (Å²) in [6.45, 7) is 6.90. The van der Waals surface area contributed by atoms with Crippen LogP contribution in [0.15, 0.2) is 23.0 Å². The predicted octanol–water partition coefficient (Wildman–Crippen LogP) is 1.47. The van der Waals surface area contributed by atoms with E-state index in [1.54, 1.807) is 29.2 Å². The van der Waals surface area contributed by atoms with E-state index in [4.69, 9.17) is 9.15 Å². The molecule has 2 fully saturated rings. The summed E-state index contributed by atoms with van der Waals surface area (Å²) < 4.78 is 10.5. The van der Waals surface area contributed by atoms with E-state index in [1.165, 1.54) is 0 Å². The van der Waals surface area contributed by atoms with Crippen molar-refractivity contribution < 1.29 is 18.7 Å². The number of carbonyl (C=O) groups excluding carboxylic acids is 2. The van der Waals surface area contributed by atoms with E-state index in [0.29, 0.717) is 18.7 Å². The van der Waals surface area contributed by atoms with Gasteiger partial charge in [-0.05, 0) is 19.0 Å². The van der Waals surface area contributed by atoms with Crippen LogP contribution in [0.1, 0.15) is 30.7 Å². The third-order valence-corrected chi connectivity index (χ3v) is 6.10. The fourth-order valence-electron chi connectivity index (χ4n) is 3.32. The van der Waals surface area contributed by atoms with Crippen LogP contribution in [-0.4, -0.2) is 72.8 Å². The second kappa shape index (κ2) is 9.43. The van der Waals surface area contributed by atoms with Crippen LogP contribution in [-0.2, 0) is 14.3 Å². The second-order valence-corrected chi connectivity index (χ2v) is 7.62. The summed E-state index contributed by atoms with van der Waals surface area (Å²) in [7, 11) is 0. The molecule has 3 rings (SSSR count). The zero-order valence-electron chi connectivity index (χ0n) is 15.2. The monoisotopic (exact) mass is 381 g/mol. The number of morpholine rings is 1. The number of nitrogens with one attached hydrogen (secondary N) is 1. The molecule has 2 saturated heterocycles. The van der Waals surface area contributed by atoms with Gasteiger partial charge in [-0.2, -0.15) is 0 Å². The van der Waals surface area contributed by atoms with E-state index >= 15 is 0 Å². The molecule has 3 heterocycles. The molecule has 0 aromatic carbocycles. The number of thioether (sulfide) groups is 1. The van der Waals surface area contributed by atoms with Gasteiger partial charge in [0.05, 0.1) is 25.7 Å². The molecule has 2 amide bonds. The zero-order valence-corrected chi connectivity index (χ0v) is 16.0. The van der Waals surface area contributed by atoms with Crippen LogP contribution in [0.5, 0.6) is 0 Å². The molecular weight excluding hydrogens is 354 g/mol. The Balaban J connectivity index is 1.51. The minimum absolute atomic E-state index is 0.00494. The van der Waals surface area contributed by atoms with Gasteiger partial charge in [-0.25, -0.2) is 0 Å². The van der Waals surface area contributed by atoms with Gasteiger partial charge in [0.15, 0.2) is 0 Å². The molecule has 26 heavy (non-hydrogen) atoms. The van der Waals surface area contributed by atoms with Crippen LogP contribution in [0.4, 0.5) is 0 Å². The number of ether oxygens (including phenoxy) is 1. The Morgan fingerprint density at radius 2 is 2.15 bits per heavy atom. The molecule has 0 spiro atoms. The second-order valence-electron chi connectivity index (χ2n) is 6.51.